The van der Waals surface area contributed by atoms with Gasteiger partial charge in [0.2, 0.25) is 0 Å². The molecule has 0 unspecified atom stereocenters. The number of ether oxygens (including phenoxy) is 4. The Morgan fingerprint density at radius 3 is 2.41 bits per heavy atom. The number of hydrogen-bond acceptors (Lipinski definition) is 6. The average Bonchev–Trinajstić information content (AvgIpc) is 2.76. The number of benzene rings is 2. The van der Waals surface area contributed by atoms with E-state index in [-0.39, 0.29) is 29.6 Å². The van der Waals surface area contributed by atoms with Crippen LogP contribution in [0.2, 0.25) is 10.0 Å². The van der Waals surface area contributed by atoms with Crippen LogP contribution in [-0.4, -0.2) is 24.8 Å². The molecular weight excluding hydrogens is 479 g/mol. The van der Waals surface area contributed by atoms with E-state index in [0.29, 0.717) is 57.2 Å². The van der Waals surface area contributed by atoms with Crippen LogP contribution in [0.1, 0.15) is 73.7 Å². The van der Waals surface area contributed by atoms with Crippen molar-refractivity contribution in [1.29, 1.82) is 0 Å². The van der Waals surface area contributed by atoms with E-state index in [0.717, 1.165) is 6.42 Å². The summed E-state index contributed by atoms with van der Waals surface area (Å²) in [6, 6.07) is 3.31. The molecule has 1 heterocycles. The maximum Gasteiger partial charge on any atom is 0.346 e. The van der Waals surface area contributed by atoms with Crippen molar-refractivity contribution in [2.45, 2.75) is 60.2 Å². The molecule has 2 aromatic carbocycles. The summed E-state index contributed by atoms with van der Waals surface area (Å²) < 4.78 is 23.5. The molecule has 8 heteroatoms. The Labute approximate surface area is 211 Å². The number of carbonyl (C=O) groups is 1. The normalized spacial score (nSPS) is 14.0. The van der Waals surface area contributed by atoms with E-state index >= 15 is 0 Å². The molecule has 0 aromatic heterocycles. The molecule has 1 N–H and O–H groups in total. The Morgan fingerprint density at radius 2 is 1.79 bits per heavy atom. The zero-order chi connectivity index (χ0) is 25.2. The lowest BCUT2D eigenvalue weighted by Crippen LogP contribution is -2.16. The van der Waals surface area contributed by atoms with Crippen LogP contribution in [0.3, 0.4) is 0 Å². The number of cyclic esters (lactones) is 1. The van der Waals surface area contributed by atoms with Gasteiger partial charge in [-0.05, 0) is 49.3 Å². The summed E-state index contributed by atoms with van der Waals surface area (Å²) in [6.45, 7) is 10.3. The number of rotatable bonds is 8. The molecule has 2 aromatic rings. The van der Waals surface area contributed by atoms with Gasteiger partial charge in [-0.2, -0.15) is 0 Å². The van der Waals surface area contributed by atoms with Crippen LogP contribution >= 0.6 is 23.2 Å². The van der Waals surface area contributed by atoms with Crippen molar-refractivity contribution in [3.8, 4) is 23.0 Å². The summed E-state index contributed by atoms with van der Waals surface area (Å²) >= 11 is 13.2. The molecule has 0 bridgehead atoms. The summed E-state index contributed by atoms with van der Waals surface area (Å²) in [5.74, 6) is 1.12. The quantitative estimate of drug-likeness (QED) is 0.376. The second-order valence-corrected chi connectivity index (χ2v) is 10.1. The fourth-order valence-corrected chi connectivity index (χ4v) is 4.34. The van der Waals surface area contributed by atoms with Crippen molar-refractivity contribution in [3.05, 3.63) is 44.4 Å². The second-order valence-electron chi connectivity index (χ2n) is 9.31. The van der Waals surface area contributed by atoms with Gasteiger partial charge >= 0.3 is 5.97 Å². The Morgan fingerprint density at radius 1 is 1.09 bits per heavy atom. The van der Waals surface area contributed by atoms with Crippen LogP contribution in [0.25, 0.3) is 0 Å². The van der Waals surface area contributed by atoms with E-state index in [1.165, 1.54) is 7.11 Å². The lowest BCUT2D eigenvalue weighted by molar-refractivity contribution is 0.0453. The molecule has 34 heavy (non-hydrogen) atoms. The standard InChI is InChI=1S/C26H32Cl2O6/c1-13(2)9-10-32-25-22(28)15(5)21(27)17-12-33-26(30)20-19(34-24(17)25)8-7-16(23(20)31-6)18(29)11-14(3)4/h7-8,13-14,18,29H,9-12H2,1-6H3/t18-/m0/s1. The Hall–Kier alpha value is -2.15. The van der Waals surface area contributed by atoms with Crippen molar-refractivity contribution < 1.29 is 28.8 Å². The van der Waals surface area contributed by atoms with E-state index in [4.69, 9.17) is 42.1 Å². The number of aliphatic hydroxyl groups excluding tert-OH is 1. The highest BCUT2D eigenvalue weighted by Crippen LogP contribution is 2.50. The SMILES string of the molecule is COc1c([C@@H](O)CC(C)C)ccc2c1C(=O)OCc1c(Cl)c(C)c(Cl)c(OCCC(C)C)c1O2. The van der Waals surface area contributed by atoms with Crippen LogP contribution in [-0.2, 0) is 11.3 Å². The van der Waals surface area contributed by atoms with Crippen LogP contribution in [0.5, 0.6) is 23.0 Å². The monoisotopic (exact) mass is 510 g/mol. The Kier molecular flexibility index (Phi) is 8.61. The zero-order valence-corrected chi connectivity index (χ0v) is 22.0. The van der Waals surface area contributed by atoms with Gasteiger partial charge in [0.15, 0.2) is 11.5 Å². The van der Waals surface area contributed by atoms with E-state index in [1.54, 1.807) is 19.1 Å². The van der Waals surface area contributed by atoms with Crippen molar-refractivity contribution in [3.63, 3.8) is 0 Å². The van der Waals surface area contributed by atoms with Gasteiger partial charge in [-0.25, -0.2) is 4.79 Å². The van der Waals surface area contributed by atoms with Crippen LogP contribution in [0.15, 0.2) is 12.1 Å². The van der Waals surface area contributed by atoms with E-state index < -0.39 is 12.1 Å². The van der Waals surface area contributed by atoms with Gasteiger partial charge in [0.05, 0.1) is 35.4 Å². The lowest BCUT2D eigenvalue weighted by atomic mass is 9.96. The molecule has 6 nitrogen and oxygen atoms in total. The Bertz CT molecular complexity index is 1060. The van der Waals surface area contributed by atoms with Crippen molar-refractivity contribution in [1.82, 2.24) is 0 Å². The Balaban J connectivity index is 2.15. The first-order chi connectivity index (χ1) is 16.1. The molecule has 0 amide bonds. The van der Waals surface area contributed by atoms with Gasteiger partial charge in [-0.3, -0.25) is 0 Å². The van der Waals surface area contributed by atoms with Crippen molar-refractivity contribution in [2.75, 3.05) is 13.7 Å². The van der Waals surface area contributed by atoms with E-state index in [2.05, 4.69) is 13.8 Å². The fourth-order valence-electron chi connectivity index (χ4n) is 3.83. The van der Waals surface area contributed by atoms with Gasteiger partial charge < -0.3 is 24.1 Å². The topological polar surface area (TPSA) is 74.2 Å². The first-order valence-corrected chi connectivity index (χ1v) is 12.2. The fraction of sp³-hybridized carbons (Fsp3) is 0.500. The van der Waals surface area contributed by atoms with Crippen LogP contribution < -0.4 is 14.2 Å². The van der Waals surface area contributed by atoms with Crippen molar-refractivity contribution in [2.24, 2.45) is 11.8 Å². The molecule has 0 aliphatic carbocycles. The van der Waals surface area contributed by atoms with Gasteiger partial charge in [-0.1, -0.05) is 50.9 Å². The summed E-state index contributed by atoms with van der Waals surface area (Å²) in [5, 5.41) is 11.4. The molecule has 1 atom stereocenters. The number of fused-ring (bicyclic) bond motifs is 2. The van der Waals surface area contributed by atoms with Gasteiger partial charge in [0.1, 0.15) is 23.7 Å². The molecule has 0 fully saturated rings. The summed E-state index contributed by atoms with van der Waals surface area (Å²) in [7, 11) is 1.44. The minimum atomic E-state index is -0.813. The number of esters is 1. The number of methoxy groups -OCH3 is 1. The highest BCUT2D eigenvalue weighted by Gasteiger charge is 2.32. The molecular formula is C26H32Cl2O6. The second kappa shape index (κ2) is 11.1. The van der Waals surface area contributed by atoms with E-state index in [9.17, 15) is 9.90 Å². The number of carbonyl (C=O) groups excluding carboxylic acids is 1. The van der Waals surface area contributed by atoms with Crippen LogP contribution in [0.4, 0.5) is 0 Å². The summed E-state index contributed by atoms with van der Waals surface area (Å²) in [6.07, 6.45) is 0.516. The average molecular weight is 511 g/mol. The molecule has 1 aliphatic rings. The molecule has 0 radical (unpaired) electrons. The lowest BCUT2D eigenvalue weighted by Gasteiger charge is -2.26. The molecule has 1 aliphatic heterocycles. The first-order valence-electron chi connectivity index (χ1n) is 11.4. The smallest absolute Gasteiger partial charge is 0.346 e. The molecule has 0 spiro atoms. The maximum absolute atomic E-state index is 13.1. The molecule has 186 valence electrons. The molecule has 0 saturated heterocycles. The van der Waals surface area contributed by atoms with Gasteiger partial charge in [0.25, 0.3) is 0 Å². The highest BCUT2D eigenvalue weighted by molar-refractivity contribution is 6.37. The number of aliphatic hydroxyl groups is 1. The number of halogens is 2. The minimum Gasteiger partial charge on any atom is -0.495 e. The molecule has 3 rings (SSSR count). The largest absolute Gasteiger partial charge is 0.495 e. The first kappa shape index (κ1) is 26.5. The third-order valence-electron chi connectivity index (χ3n) is 5.72. The zero-order valence-electron chi connectivity index (χ0n) is 20.5. The summed E-state index contributed by atoms with van der Waals surface area (Å²) in [4.78, 5) is 13.1. The minimum absolute atomic E-state index is 0.0920. The van der Waals surface area contributed by atoms with Crippen molar-refractivity contribution >= 4 is 29.2 Å². The van der Waals surface area contributed by atoms with Crippen LogP contribution in [0, 0.1) is 18.8 Å². The van der Waals surface area contributed by atoms with E-state index in [1.807, 2.05) is 13.8 Å². The predicted molar refractivity (Wildman–Crippen MR) is 133 cm³/mol. The highest BCUT2D eigenvalue weighted by atomic mass is 35.5. The predicted octanol–water partition coefficient (Wildman–Crippen LogP) is 7.28. The third-order valence-corrected chi connectivity index (χ3v) is 6.68. The third kappa shape index (κ3) is 5.40. The van der Waals surface area contributed by atoms with Gasteiger partial charge in [-0.15, -0.1) is 0 Å². The van der Waals surface area contributed by atoms with Gasteiger partial charge in [0, 0.05) is 5.56 Å². The maximum atomic E-state index is 13.1. The molecule has 0 saturated carbocycles. The summed E-state index contributed by atoms with van der Waals surface area (Å²) in [5.41, 5.74) is 1.68. The number of hydrogen-bond donors (Lipinski definition) is 1.